The SMILES string of the molecule is CN(C)CC(=O)N1CCC2(C1)CN(c1cccc(F)c1)C(=O)CO2. The zero-order valence-electron chi connectivity index (χ0n) is 14.0. The molecule has 0 N–H and O–H groups in total. The van der Waals surface area contributed by atoms with Crippen LogP contribution in [0.25, 0.3) is 0 Å². The van der Waals surface area contributed by atoms with Crippen LogP contribution in [0, 0.1) is 5.82 Å². The van der Waals surface area contributed by atoms with Crippen LogP contribution in [0.5, 0.6) is 0 Å². The molecule has 2 heterocycles. The average molecular weight is 335 g/mol. The number of likely N-dealkylation sites (N-methyl/N-ethyl adjacent to an activating group) is 1. The smallest absolute Gasteiger partial charge is 0.253 e. The maximum atomic E-state index is 13.5. The minimum atomic E-state index is -0.567. The second-order valence-corrected chi connectivity index (χ2v) is 6.73. The standard InChI is InChI=1S/C17H22FN3O3/c1-19(2)9-15(22)20-7-6-17(11-20)12-21(16(23)10-24-17)14-5-3-4-13(18)8-14/h3-5,8H,6-7,9-12H2,1-2H3. The lowest BCUT2D eigenvalue weighted by atomic mass is 10.00. The predicted octanol–water partition coefficient (Wildman–Crippen LogP) is 0.722. The largest absolute Gasteiger partial charge is 0.361 e. The zero-order chi connectivity index (χ0) is 17.3. The van der Waals surface area contributed by atoms with Crippen molar-refractivity contribution in [1.29, 1.82) is 0 Å². The van der Waals surface area contributed by atoms with E-state index in [-0.39, 0.29) is 24.2 Å². The number of ether oxygens (including phenoxy) is 1. The summed E-state index contributed by atoms with van der Waals surface area (Å²) >= 11 is 0. The lowest BCUT2D eigenvalue weighted by Gasteiger charge is -2.40. The number of nitrogens with zero attached hydrogens (tertiary/aromatic N) is 3. The fourth-order valence-electron chi connectivity index (χ4n) is 3.27. The monoisotopic (exact) mass is 335 g/mol. The van der Waals surface area contributed by atoms with Crippen LogP contribution in [0.4, 0.5) is 10.1 Å². The second-order valence-electron chi connectivity index (χ2n) is 6.73. The first-order valence-electron chi connectivity index (χ1n) is 8.01. The molecule has 24 heavy (non-hydrogen) atoms. The highest BCUT2D eigenvalue weighted by Crippen LogP contribution is 2.32. The van der Waals surface area contributed by atoms with Gasteiger partial charge in [0.25, 0.3) is 5.91 Å². The summed E-state index contributed by atoms with van der Waals surface area (Å²) in [6.45, 7) is 1.70. The number of rotatable bonds is 3. The van der Waals surface area contributed by atoms with Crippen molar-refractivity contribution >= 4 is 17.5 Å². The number of likely N-dealkylation sites (tertiary alicyclic amines) is 1. The lowest BCUT2D eigenvalue weighted by Crippen LogP contribution is -2.56. The molecule has 0 radical (unpaired) electrons. The van der Waals surface area contributed by atoms with E-state index in [1.807, 2.05) is 19.0 Å². The molecule has 0 aromatic heterocycles. The number of benzene rings is 1. The van der Waals surface area contributed by atoms with Crippen molar-refractivity contribution in [3.05, 3.63) is 30.1 Å². The highest BCUT2D eigenvalue weighted by Gasteiger charge is 2.46. The fraction of sp³-hybridized carbons (Fsp3) is 0.529. The molecule has 1 spiro atoms. The maximum Gasteiger partial charge on any atom is 0.253 e. The number of amides is 2. The summed E-state index contributed by atoms with van der Waals surface area (Å²) in [6, 6.07) is 5.99. The summed E-state index contributed by atoms with van der Waals surface area (Å²) in [7, 11) is 3.70. The molecule has 0 saturated carbocycles. The van der Waals surface area contributed by atoms with Crippen molar-refractivity contribution in [3.8, 4) is 0 Å². The van der Waals surface area contributed by atoms with Gasteiger partial charge in [-0.2, -0.15) is 0 Å². The van der Waals surface area contributed by atoms with Gasteiger partial charge in [-0.15, -0.1) is 0 Å². The Morgan fingerprint density at radius 3 is 2.88 bits per heavy atom. The van der Waals surface area contributed by atoms with Gasteiger partial charge in [0.05, 0.1) is 19.6 Å². The molecule has 1 unspecified atom stereocenters. The van der Waals surface area contributed by atoms with Gasteiger partial charge in [-0.25, -0.2) is 4.39 Å². The molecule has 2 aliphatic heterocycles. The van der Waals surface area contributed by atoms with Crippen molar-refractivity contribution in [2.45, 2.75) is 12.0 Å². The normalized spacial score (nSPS) is 24.2. The average Bonchev–Trinajstić information content (AvgIpc) is 2.93. The van der Waals surface area contributed by atoms with Gasteiger partial charge < -0.3 is 19.4 Å². The van der Waals surface area contributed by atoms with Gasteiger partial charge in [-0.1, -0.05) is 6.07 Å². The minimum absolute atomic E-state index is 0.0494. The highest BCUT2D eigenvalue weighted by molar-refractivity contribution is 5.95. The van der Waals surface area contributed by atoms with Crippen molar-refractivity contribution < 1.29 is 18.7 Å². The number of anilines is 1. The molecule has 1 atom stereocenters. The van der Waals surface area contributed by atoms with E-state index < -0.39 is 5.60 Å². The Morgan fingerprint density at radius 1 is 1.38 bits per heavy atom. The van der Waals surface area contributed by atoms with Crippen LogP contribution in [-0.4, -0.2) is 74.1 Å². The quantitative estimate of drug-likeness (QED) is 0.817. The highest BCUT2D eigenvalue weighted by atomic mass is 19.1. The molecule has 2 amide bonds. The van der Waals surface area contributed by atoms with Gasteiger partial charge in [0.15, 0.2) is 0 Å². The van der Waals surface area contributed by atoms with E-state index >= 15 is 0 Å². The van der Waals surface area contributed by atoms with Gasteiger partial charge in [-0.05, 0) is 38.7 Å². The molecular formula is C17H22FN3O3. The summed E-state index contributed by atoms with van der Waals surface area (Å²) in [4.78, 5) is 29.6. The number of morpholine rings is 1. The van der Waals surface area contributed by atoms with Gasteiger partial charge in [0, 0.05) is 12.2 Å². The molecule has 0 aliphatic carbocycles. The van der Waals surface area contributed by atoms with E-state index in [4.69, 9.17) is 4.74 Å². The van der Waals surface area contributed by atoms with Crippen molar-refractivity contribution in [1.82, 2.24) is 9.80 Å². The first-order chi connectivity index (χ1) is 11.4. The Balaban J connectivity index is 1.74. The molecule has 6 nitrogen and oxygen atoms in total. The fourth-order valence-corrected chi connectivity index (χ4v) is 3.27. The number of carbonyl (C=O) groups excluding carboxylic acids is 2. The third-order valence-corrected chi connectivity index (χ3v) is 4.49. The number of halogens is 1. The lowest BCUT2D eigenvalue weighted by molar-refractivity contribution is -0.139. The number of hydrogen-bond donors (Lipinski definition) is 0. The maximum absolute atomic E-state index is 13.5. The molecule has 2 aliphatic rings. The topological polar surface area (TPSA) is 53.1 Å². The van der Waals surface area contributed by atoms with Gasteiger partial charge in [-0.3, -0.25) is 9.59 Å². The molecule has 130 valence electrons. The second kappa shape index (κ2) is 6.49. The summed E-state index contributed by atoms with van der Waals surface area (Å²) in [5, 5.41) is 0. The molecule has 1 aromatic carbocycles. The Labute approximate surface area is 140 Å². The van der Waals surface area contributed by atoms with Crippen molar-refractivity contribution in [2.24, 2.45) is 0 Å². The zero-order valence-corrected chi connectivity index (χ0v) is 14.0. The molecule has 1 aromatic rings. The summed E-state index contributed by atoms with van der Waals surface area (Å²) in [6.07, 6.45) is 0.672. The van der Waals surface area contributed by atoms with E-state index in [1.54, 1.807) is 21.9 Å². The van der Waals surface area contributed by atoms with Crippen LogP contribution >= 0.6 is 0 Å². The van der Waals surface area contributed by atoms with E-state index in [0.29, 0.717) is 38.3 Å². The molecule has 0 bridgehead atoms. The minimum Gasteiger partial charge on any atom is -0.361 e. The molecule has 7 heteroatoms. The van der Waals surface area contributed by atoms with Crippen LogP contribution in [-0.2, 0) is 14.3 Å². The van der Waals surface area contributed by atoms with Crippen LogP contribution in [0.15, 0.2) is 24.3 Å². The van der Waals surface area contributed by atoms with Crippen molar-refractivity contribution in [3.63, 3.8) is 0 Å². The third kappa shape index (κ3) is 3.42. The Morgan fingerprint density at radius 2 is 2.17 bits per heavy atom. The first-order valence-corrected chi connectivity index (χ1v) is 8.01. The van der Waals surface area contributed by atoms with Crippen molar-refractivity contribution in [2.75, 3.05) is 51.8 Å². The first kappa shape index (κ1) is 16.9. The van der Waals surface area contributed by atoms with Gasteiger partial charge in [0.1, 0.15) is 18.0 Å². The van der Waals surface area contributed by atoms with Crippen LogP contribution in [0.1, 0.15) is 6.42 Å². The van der Waals surface area contributed by atoms with E-state index in [0.717, 1.165) is 0 Å². The molecular weight excluding hydrogens is 313 g/mol. The van der Waals surface area contributed by atoms with Crippen LogP contribution in [0.3, 0.4) is 0 Å². The summed E-state index contributed by atoms with van der Waals surface area (Å²) in [5.41, 5.74) is -0.0388. The Kier molecular flexibility index (Phi) is 4.56. The Hall–Kier alpha value is -1.99. The van der Waals surface area contributed by atoms with Crippen LogP contribution < -0.4 is 4.90 Å². The number of hydrogen-bond acceptors (Lipinski definition) is 4. The van der Waals surface area contributed by atoms with Gasteiger partial charge in [0.2, 0.25) is 5.91 Å². The molecule has 2 saturated heterocycles. The van der Waals surface area contributed by atoms with Crippen LogP contribution in [0.2, 0.25) is 0 Å². The van der Waals surface area contributed by atoms with E-state index in [2.05, 4.69) is 0 Å². The van der Waals surface area contributed by atoms with E-state index in [1.165, 1.54) is 12.1 Å². The summed E-state index contributed by atoms with van der Waals surface area (Å²) < 4.78 is 19.3. The molecule has 3 rings (SSSR count). The van der Waals surface area contributed by atoms with Gasteiger partial charge >= 0.3 is 0 Å². The third-order valence-electron chi connectivity index (χ3n) is 4.49. The number of carbonyl (C=O) groups is 2. The summed E-state index contributed by atoms with van der Waals surface area (Å²) in [5.74, 6) is -0.519. The Bertz CT molecular complexity index is 652. The van der Waals surface area contributed by atoms with E-state index in [9.17, 15) is 14.0 Å². The predicted molar refractivity (Wildman–Crippen MR) is 87.2 cm³/mol. The molecule has 2 fully saturated rings.